The highest BCUT2D eigenvalue weighted by Gasteiger charge is 2.15. The minimum Gasteiger partial charge on any atom is -0.300 e. The van der Waals surface area contributed by atoms with E-state index in [1.807, 2.05) is 12.1 Å². The van der Waals surface area contributed by atoms with Crippen LogP contribution in [0.15, 0.2) is 35.1 Å². The average molecular weight is 267 g/mol. The fourth-order valence-electron chi connectivity index (χ4n) is 1.93. The van der Waals surface area contributed by atoms with Crippen LogP contribution in [0.3, 0.4) is 0 Å². The summed E-state index contributed by atoms with van der Waals surface area (Å²) in [6, 6.07) is 10.7. The predicted molar refractivity (Wildman–Crippen MR) is 73.7 cm³/mol. The second-order valence-electron chi connectivity index (χ2n) is 4.49. The largest absolute Gasteiger partial charge is 0.300 e. The van der Waals surface area contributed by atoms with E-state index < -0.39 is 5.56 Å². The molecule has 1 heterocycles. The molecule has 0 saturated carbocycles. The van der Waals surface area contributed by atoms with E-state index in [0.717, 1.165) is 0 Å². The number of hydrogen-bond donors (Lipinski definition) is 0. The second-order valence-corrected chi connectivity index (χ2v) is 4.49. The smallest absolute Gasteiger partial charge is 0.289 e. The number of hydrogen-bond acceptors (Lipinski definition) is 4. The first kappa shape index (κ1) is 13.7. The Morgan fingerprint density at radius 2 is 2.00 bits per heavy atom. The van der Waals surface area contributed by atoms with Crippen molar-refractivity contribution in [2.75, 3.05) is 0 Å². The van der Waals surface area contributed by atoms with Gasteiger partial charge in [-0.15, -0.1) is 0 Å². The lowest BCUT2D eigenvalue weighted by molar-refractivity contribution is -0.116. The standard InChI is InChI=1S/C15H13N3O2/c1-10(19)8-14-11(2)13(9-16)15(20)18(17-14)12-6-4-3-5-7-12/h3-7H,8H2,1-2H3. The van der Waals surface area contributed by atoms with Crippen LogP contribution in [0.2, 0.25) is 0 Å². The zero-order valence-corrected chi connectivity index (χ0v) is 11.3. The van der Waals surface area contributed by atoms with Gasteiger partial charge in [-0.05, 0) is 31.5 Å². The van der Waals surface area contributed by atoms with E-state index in [4.69, 9.17) is 5.26 Å². The topological polar surface area (TPSA) is 75.8 Å². The van der Waals surface area contributed by atoms with E-state index in [1.165, 1.54) is 11.6 Å². The van der Waals surface area contributed by atoms with Crippen molar-refractivity contribution in [1.82, 2.24) is 9.78 Å². The highest BCUT2D eigenvalue weighted by molar-refractivity contribution is 5.78. The van der Waals surface area contributed by atoms with E-state index in [2.05, 4.69) is 5.10 Å². The summed E-state index contributed by atoms with van der Waals surface area (Å²) in [6.45, 7) is 3.09. The van der Waals surface area contributed by atoms with Crippen LogP contribution in [0.25, 0.3) is 5.69 Å². The van der Waals surface area contributed by atoms with Crippen molar-refractivity contribution in [3.8, 4) is 11.8 Å². The molecule has 0 saturated heterocycles. The van der Waals surface area contributed by atoms with Gasteiger partial charge in [0, 0.05) is 0 Å². The predicted octanol–water partition coefficient (Wildman–Crippen LogP) is 1.54. The maximum atomic E-state index is 12.3. The van der Waals surface area contributed by atoms with Crippen LogP contribution in [-0.4, -0.2) is 15.6 Å². The highest BCUT2D eigenvalue weighted by atomic mass is 16.1. The summed E-state index contributed by atoms with van der Waals surface area (Å²) in [7, 11) is 0. The van der Waals surface area contributed by atoms with E-state index >= 15 is 0 Å². The number of rotatable bonds is 3. The van der Waals surface area contributed by atoms with Gasteiger partial charge in [-0.3, -0.25) is 9.59 Å². The molecule has 0 radical (unpaired) electrons. The number of carbonyl (C=O) groups excluding carboxylic acids is 1. The molecule has 2 aromatic rings. The molecule has 5 heteroatoms. The molecule has 0 aliphatic carbocycles. The van der Waals surface area contributed by atoms with Crippen LogP contribution in [0.1, 0.15) is 23.7 Å². The van der Waals surface area contributed by atoms with Crippen LogP contribution in [-0.2, 0) is 11.2 Å². The Morgan fingerprint density at radius 3 is 2.55 bits per heavy atom. The van der Waals surface area contributed by atoms with E-state index in [-0.39, 0.29) is 17.8 Å². The first-order valence-corrected chi connectivity index (χ1v) is 6.12. The Morgan fingerprint density at radius 1 is 1.35 bits per heavy atom. The number of aromatic nitrogens is 2. The van der Waals surface area contributed by atoms with Crippen LogP contribution >= 0.6 is 0 Å². The van der Waals surface area contributed by atoms with Gasteiger partial charge in [0.25, 0.3) is 5.56 Å². The molecule has 0 bridgehead atoms. The van der Waals surface area contributed by atoms with Gasteiger partial charge in [0.1, 0.15) is 17.4 Å². The molecule has 0 amide bonds. The molecule has 0 unspecified atom stereocenters. The lowest BCUT2D eigenvalue weighted by atomic mass is 10.1. The molecular formula is C15H13N3O2. The summed E-state index contributed by atoms with van der Waals surface area (Å²) in [5, 5.41) is 13.4. The van der Waals surface area contributed by atoms with Gasteiger partial charge in [-0.2, -0.15) is 15.0 Å². The number of Topliss-reactive ketones (excluding diaryl/α,β-unsaturated/α-hetero) is 1. The van der Waals surface area contributed by atoms with Crippen LogP contribution in [0.4, 0.5) is 0 Å². The summed E-state index contributed by atoms with van der Waals surface area (Å²) >= 11 is 0. The molecule has 5 nitrogen and oxygen atoms in total. The maximum Gasteiger partial charge on any atom is 0.289 e. The summed E-state index contributed by atoms with van der Waals surface area (Å²) in [6.07, 6.45) is 0.105. The second kappa shape index (κ2) is 5.49. The fraction of sp³-hybridized carbons (Fsp3) is 0.200. The minimum absolute atomic E-state index is 0.0279. The Bertz CT molecular complexity index is 755. The van der Waals surface area contributed by atoms with Gasteiger partial charge >= 0.3 is 0 Å². The van der Waals surface area contributed by atoms with Gasteiger partial charge in [0.05, 0.1) is 17.8 Å². The highest BCUT2D eigenvalue weighted by Crippen LogP contribution is 2.11. The fourth-order valence-corrected chi connectivity index (χ4v) is 1.93. The number of carbonyl (C=O) groups is 1. The van der Waals surface area contributed by atoms with Crippen molar-refractivity contribution in [2.24, 2.45) is 0 Å². The van der Waals surface area contributed by atoms with Gasteiger partial charge < -0.3 is 0 Å². The number of nitrogens with zero attached hydrogens (tertiary/aromatic N) is 3. The Hall–Kier alpha value is -2.74. The van der Waals surface area contributed by atoms with E-state index in [0.29, 0.717) is 16.9 Å². The number of benzene rings is 1. The molecule has 100 valence electrons. The van der Waals surface area contributed by atoms with Crippen molar-refractivity contribution in [2.45, 2.75) is 20.3 Å². The van der Waals surface area contributed by atoms with E-state index in [1.54, 1.807) is 31.2 Å². The molecule has 0 aliphatic heterocycles. The summed E-state index contributed by atoms with van der Waals surface area (Å²) in [4.78, 5) is 23.5. The zero-order valence-electron chi connectivity index (χ0n) is 11.3. The molecule has 2 rings (SSSR count). The lowest BCUT2D eigenvalue weighted by Gasteiger charge is -2.10. The molecular weight excluding hydrogens is 254 g/mol. The van der Waals surface area contributed by atoms with Gasteiger partial charge in [-0.25, -0.2) is 0 Å². The normalized spacial score (nSPS) is 10.1. The molecule has 1 aromatic heterocycles. The quantitative estimate of drug-likeness (QED) is 0.845. The minimum atomic E-state index is -0.469. The SMILES string of the molecule is CC(=O)Cc1nn(-c2ccccc2)c(=O)c(C#N)c1C. The monoisotopic (exact) mass is 267 g/mol. The number of para-hydroxylation sites is 1. The Labute approximate surface area is 116 Å². The first-order chi connectivity index (χ1) is 9.54. The molecule has 0 N–H and O–H groups in total. The van der Waals surface area contributed by atoms with Gasteiger partial charge in [-0.1, -0.05) is 18.2 Å². The van der Waals surface area contributed by atoms with Crippen LogP contribution < -0.4 is 5.56 Å². The van der Waals surface area contributed by atoms with E-state index in [9.17, 15) is 9.59 Å². The van der Waals surface area contributed by atoms with Crippen molar-refractivity contribution in [3.05, 3.63) is 57.5 Å². The third kappa shape index (κ3) is 2.50. The van der Waals surface area contributed by atoms with Crippen molar-refractivity contribution in [1.29, 1.82) is 5.26 Å². The zero-order chi connectivity index (χ0) is 14.7. The maximum absolute atomic E-state index is 12.3. The van der Waals surface area contributed by atoms with Crippen molar-refractivity contribution >= 4 is 5.78 Å². The average Bonchev–Trinajstić information content (AvgIpc) is 2.43. The summed E-state index contributed by atoms with van der Waals surface area (Å²) < 4.78 is 1.17. The summed E-state index contributed by atoms with van der Waals surface area (Å²) in [5.41, 5.74) is 1.06. The number of nitriles is 1. The summed E-state index contributed by atoms with van der Waals surface area (Å²) in [5.74, 6) is -0.0669. The van der Waals surface area contributed by atoms with Crippen molar-refractivity contribution < 1.29 is 4.79 Å². The Balaban J connectivity index is 2.73. The first-order valence-electron chi connectivity index (χ1n) is 6.12. The molecule has 0 spiro atoms. The molecule has 0 fully saturated rings. The molecule has 1 aromatic carbocycles. The lowest BCUT2D eigenvalue weighted by Crippen LogP contribution is -2.27. The Kier molecular flexibility index (Phi) is 3.76. The molecule has 20 heavy (non-hydrogen) atoms. The van der Waals surface area contributed by atoms with Crippen LogP contribution in [0, 0.1) is 18.3 Å². The van der Waals surface area contributed by atoms with Crippen molar-refractivity contribution in [3.63, 3.8) is 0 Å². The molecule has 0 aliphatic rings. The van der Waals surface area contributed by atoms with Gasteiger partial charge in [0.15, 0.2) is 0 Å². The molecule has 0 atom stereocenters. The third-order valence-electron chi connectivity index (χ3n) is 2.96. The third-order valence-corrected chi connectivity index (χ3v) is 2.96. The van der Waals surface area contributed by atoms with Gasteiger partial charge in [0.2, 0.25) is 0 Å². The number of ketones is 1. The van der Waals surface area contributed by atoms with Crippen LogP contribution in [0.5, 0.6) is 0 Å².